The second-order valence-corrected chi connectivity index (χ2v) is 6.48. The van der Waals surface area contributed by atoms with E-state index in [9.17, 15) is 19.8 Å². The summed E-state index contributed by atoms with van der Waals surface area (Å²) >= 11 is 6.14. The van der Waals surface area contributed by atoms with Crippen molar-refractivity contribution in [2.45, 2.75) is 45.8 Å². The van der Waals surface area contributed by atoms with Crippen LogP contribution in [-0.4, -0.2) is 39.2 Å². The summed E-state index contributed by atoms with van der Waals surface area (Å²) in [7, 11) is 0. The molecule has 1 atom stereocenters. The molecule has 1 heterocycles. The smallest absolute Gasteiger partial charge is 0.326 e. The number of nitrogens with one attached hydrogen (secondary N) is 1. The summed E-state index contributed by atoms with van der Waals surface area (Å²) in [6.45, 7) is 5.53. The van der Waals surface area contributed by atoms with Crippen molar-refractivity contribution in [1.82, 2.24) is 10.3 Å². The molecule has 1 aromatic heterocycles. The number of halogens is 1. The van der Waals surface area contributed by atoms with Gasteiger partial charge in [0.25, 0.3) is 5.91 Å². The number of aromatic nitrogens is 1. The number of hydrogen-bond acceptors (Lipinski definition) is 5. The number of carbonyl (C=O) groups is 2. The van der Waals surface area contributed by atoms with Crippen LogP contribution in [0.4, 0.5) is 0 Å². The molecule has 1 unspecified atom stereocenters. The van der Waals surface area contributed by atoms with E-state index in [1.54, 1.807) is 25.1 Å². The molecule has 140 valence electrons. The molecule has 7 nitrogen and oxygen atoms in total. The van der Waals surface area contributed by atoms with Gasteiger partial charge in [0, 0.05) is 10.8 Å². The summed E-state index contributed by atoms with van der Waals surface area (Å²) < 4.78 is 5.59. The van der Waals surface area contributed by atoms with Crippen LogP contribution < -0.4 is 10.1 Å². The van der Waals surface area contributed by atoms with Gasteiger partial charge in [-0.3, -0.25) is 4.79 Å². The van der Waals surface area contributed by atoms with Crippen LogP contribution in [0.2, 0.25) is 5.15 Å². The number of rotatable bonds is 7. The zero-order valence-corrected chi connectivity index (χ0v) is 15.5. The first kappa shape index (κ1) is 19.8. The summed E-state index contributed by atoms with van der Waals surface area (Å²) in [5, 5.41) is 22.8. The highest BCUT2D eigenvalue weighted by Gasteiger charge is 2.24. The molecule has 0 aliphatic carbocycles. The van der Waals surface area contributed by atoms with E-state index >= 15 is 0 Å². The average molecular weight is 381 g/mol. The van der Waals surface area contributed by atoms with Gasteiger partial charge in [0.1, 0.15) is 16.9 Å². The zero-order chi connectivity index (χ0) is 19.4. The predicted octanol–water partition coefficient (Wildman–Crippen LogP) is 3.36. The fourth-order valence-electron chi connectivity index (χ4n) is 2.51. The van der Waals surface area contributed by atoms with Gasteiger partial charge in [-0.1, -0.05) is 24.9 Å². The number of amides is 1. The van der Waals surface area contributed by atoms with Gasteiger partial charge >= 0.3 is 5.97 Å². The molecule has 0 aliphatic heterocycles. The van der Waals surface area contributed by atoms with E-state index in [2.05, 4.69) is 10.3 Å². The second-order valence-electron chi connectivity index (χ2n) is 6.13. The van der Waals surface area contributed by atoms with Crippen LogP contribution in [0, 0.1) is 0 Å². The van der Waals surface area contributed by atoms with Crippen molar-refractivity contribution in [3.8, 4) is 11.5 Å². The number of aromatic hydroxyl groups is 1. The van der Waals surface area contributed by atoms with Crippen LogP contribution in [0.25, 0.3) is 10.8 Å². The molecule has 1 aromatic carbocycles. The van der Waals surface area contributed by atoms with E-state index < -0.39 is 17.9 Å². The maximum Gasteiger partial charge on any atom is 0.326 e. The lowest BCUT2D eigenvalue weighted by Crippen LogP contribution is -2.41. The van der Waals surface area contributed by atoms with Crippen LogP contribution in [0.1, 0.15) is 44.1 Å². The maximum absolute atomic E-state index is 12.4. The average Bonchev–Trinajstić information content (AvgIpc) is 2.56. The molecule has 0 saturated heterocycles. The Bertz CT molecular complexity index is 838. The molecule has 0 spiro atoms. The number of benzene rings is 1. The van der Waals surface area contributed by atoms with Gasteiger partial charge in [0.15, 0.2) is 11.4 Å². The van der Waals surface area contributed by atoms with E-state index in [-0.39, 0.29) is 29.1 Å². The first-order valence-corrected chi connectivity index (χ1v) is 8.64. The molecule has 2 aromatic rings. The second kappa shape index (κ2) is 8.23. The summed E-state index contributed by atoms with van der Waals surface area (Å²) in [5.74, 6) is -1.83. The minimum atomic E-state index is -1.15. The van der Waals surface area contributed by atoms with Crippen LogP contribution in [0.5, 0.6) is 11.5 Å². The molecule has 0 saturated carbocycles. The third kappa shape index (κ3) is 4.35. The number of carbonyl (C=O) groups excluding carboxylic acids is 1. The third-order valence-corrected chi connectivity index (χ3v) is 3.96. The summed E-state index contributed by atoms with van der Waals surface area (Å²) in [6.07, 6.45) is 0.764. The van der Waals surface area contributed by atoms with Crippen LogP contribution in [0.15, 0.2) is 18.2 Å². The Morgan fingerprint density at radius 3 is 2.58 bits per heavy atom. The Morgan fingerprint density at radius 1 is 1.31 bits per heavy atom. The van der Waals surface area contributed by atoms with Crippen molar-refractivity contribution in [3.63, 3.8) is 0 Å². The van der Waals surface area contributed by atoms with Crippen LogP contribution in [-0.2, 0) is 4.79 Å². The normalized spacial score (nSPS) is 12.2. The van der Waals surface area contributed by atoms with E-state index in [0.29, 0.717) is 22.9 Å². The zero-order valence-electron chi connectivity index (χ0n) is 14.7. The van der Waals surface area contributed by atoms with Crippen molar-refractivity contribution in [2.24, 2.45) is 0 Å². The highest BCUT2D eigenvalue weighted by molar-refractivity contribution is 6.35. The Balaban J connectivity index is 2.45. The van der Waals surface area contributed by atoms with Crippen molar-refractivity contribution in [1.29, 1.82) is 0 Å². The van der Waals surface area contributed by atoms with Crippen LogP contribution >= 0.6 is 11.6 Å². The molecule has 0 aliphatic rings. The highest BCUT2D eigenvalue weighted by Crippen LogP contribution is 2.34. The van der Waals surface area contributed by atoms with Gasteiger partial charge in [-0.15, -0.1) is 0 Å². The molecule has 2 rings (SSSR count). The first-order valence-electron chi connectivity index (χ1n) is 8.27. The number of aliphatic carboxylic acids is 1. The fourth-order valence-corrected chi connectivity index (χ4v) is 2.76. The van der Waals surface area contributed by atoms with Crippen molar-refractivity contribution >= 4 is 34.2 Å². The number of carboxylic acids is 1. The monoisotopic (exact) mass is 380 g/mol. The van der Waals surface area contributed by atoms with Crippen LogP contribution in [0.3, 0.4) is 0 Å². The van der Waals surface area contributed by atoms with Crippen molar-refractivity contribution < 1.29 is 24.5 Å². The van der Waals surface area contributed by atoms with E-state index in [0.717, 1.165) is 0 Å². The van der Waals surface area contributed by atoms with Gasteiger partial charge in [0.05, 0.1) is 6.10 Å². The van der Waals surface area contributed by atoms with Gasteiger partial charge in [-0.05, 0) is 38.5 Å². The number of ether oxygens (including phenoxy) is 1. The minimum absolute atomic E-state index is 0.0291. The Kier molecular flexibility index (Phi) is 6.26. The molecule has 0 fully saturated rings. The Morgan fingerprint density at radius 2 is 2.00 bits per heavy atom. The predicted molar refractivity (Wildman–Crippen MR) is 98.0 cm³/mol. The van der Waals surface area contributed by atoms with Gasteiger partial charge in [0.2, 0.25) is 0 Å². The van der Waals surface area contributed by atoms with E-state index in [4.69, 9.17) is 16.3 Å². The standard InChI is InChI=1S/C18H21ClN2O5/c1-4-5-13(18(24)25)20-17(23)14-15(22)12-8-10(26-9(2)3)6-7-11(12)16(19)21-14/h6-9,13,22H,4-5H2,1-3H3,(H,20,23)(H,24,25). The van der Waals surface area contributed by atoms with Gasteiger partial charge in [-0.2, -0.15) is 0 Å². The summed E-state index contributed by atoms with van der Waals surface area (Å²) in [4.78, 5) is 27.6. The fraction of sp³-hybridized carbons (Fsp3) is 0.389. The molecule has 26 heavy (non-hydrogen) atoms. The van der Waals surface area contributed by atoms with E-state index in [1.807, 2.05) is 13.8 Å². The topological polar surface area (TPSA) is 109 Å². The molecule has 0 bridgehead atoms. The molecular formula is C18H21ClN2O5. The molecule has 8 heteroatoms. The quantitative estimate of drug-likeness (QED) is 0.635. The van der Waals surface area contributed by atoms with E-state index in [1.165, 1.54) is 0 Å². The largest absolute Gasteiger partial charge is 0.505 e. The number of pyridine rings is 1. The number of carboxylic acid groups (broad SMARTS) is 1. The molecule has 1 amide bonds. The SMILES string of the molecule is CCCC(NC(=O)c1nc(Cl)c2ccc(OC(C)C)cc2c1O)C(=O)O. The minimum Gasteiger partial charge on any atom is -0.505 e. The Hall–Kier alpha value is -2.54. The molecule has 0 radical (unpaired) electrons. The molecule has 3 N–H and O–H groups in total. The lowest BCUT2D eigenvalue weighted by Gasteiger charge is -2.15. The number of hydrogen-bond donors (Lipinski definition) is 3. The lowest BCUT2D eigenvalue weighted by molar-refractivity contribution is -0.139. The maximum atomic E-state index is 12.4. The van der Waals surface area contributed by atoms with Crippen molar-refractivity contribution in [3.05, 3.63) is 29.0 Å². The Labute approximate surface area is 155 Å². The lowest BCUT2D eigenvalue weighted by atomic mass is 10.1. The summed E-state index contributed by atoms with van der Waals surface area (Å²) in [6, 6.07) is 3.83. The number of fused-ring (bicyclic) bond motifs is 1. The van der Waals surface area contributed by atoms with Crippen molar-refractivity contribution in [2.75, 3.05) is 0 Å². The van der Waals surface area contributed by atoms with Gasteiger partial charge in [-0.25, -0.2) is 9.78 Å². The highest BCUT2D eigenvalue weighted by atomic mass is 35.5. The third-order valence-electron chi connectivity index (χ3n) is 3.67. The summed E-state index contributed by atoms with van der Waals surface area (Å²) in [5.41, 5.74) is -0.327. The molecular weight excluding hydrogens is 360 g/mol. The number of nitrogens with zero attached hydrogens (tertiary/aromatic N) is 1. The van der Waals surface area contributed by atoms with Gasteiger partial charge < -0.3 is 20.3 Å². The first-order chi connectivity index (χ1) is 12.2.